The lowest BCUT2D eigenvalue weighted by atomic mass is 10.1. The van der Waals surface area contributed by atoms with Crippen molar-refractivity contribution in [2.45, 2.75) is 25.9 Å². The molecule has 0 radical (unpaired) electrons. The second kappa shape index (κ2) is 6.35. The van der Waals surface area contributed by atoms with E-state index in [9.17, 15) is 0 Å². The zero-order valence-corrected chi connectivity index (χ0v) is 12.9. The lowest BCUT2D eigenvalue weighted by Gasteiger charge is -2.33. The SMILES string of the molecule is Cc1cc(N2CCC(Oc3ccccc3)CC2)cc(Cl)n1. The van der Waals surface area contributed by atoms with Gasteiger partial charge in [-0.25, -0.2) is 4.98 Å². The zero-order chi connectivity index (χ0) is 14.7. The Labute approximate surface area is 130 Å². The molecule has 3 rings (SSSR count). The molecule has 2 aromatic rings. The first-order valence-electron chi connectivity index (χ1n) is 7.31. The van der Waals surface area contributed by atoms with Crippen LogP contribution < -0.4 is 9.64 Å². The maximum atomic E-state index is 6.04. The van der Waals surface area contributed by atoms with Crippen LogP contribution in [0.5, 0.6) is 5.75 Å². The van der Waals surface area contributed by atoms with Gasteiger partial charge in [0.25, 0.3) is 0 Å². The third kappa shape index (κ3) is 3.67. The van der Waals surface area contributed by atoms with Crippen LogP contribution in [0.2, 0.25) is 5.15 Å². The Balaban J connectivity index is 1.60. The molecule has 0 N–H and O–H groups in total. The Morgan fingerprint density at radius 2 is 1.86 bits per heavy atom. The smallest absolute Gasteiger partial charge is 0.131 e. The molecule has 21 heavy (non-hydrogen) atoms. The summed E-state index contributed by atoms with van der Waals surface area (Å²) in [5.74, 6) is 0.957. The van der Waals surface area contributed by atoms with Crippen molar-refractivity contribution >= 4 is 17.3 Å². The number of pyridine rings is 1. The summed E-state index contributed by atoms with van der Waals surface area (Å²) in [6, 6.07) is 14.1. The number of benzene rings is 1. The standard InChI is InChI=1S/C17H19ClN2O/c1-13-11-14(12-17(18)19-13)20-9-7-16(8-10-20)21-15-5-3-2-4-6-15/h2-6,11-12,16H,7-10H2,1H3. The first-order chi connectivity index (χ1) is 10.2. The van der Waals surface area contributed by atoms with Crippen LogP contribution in [0.25, 0.3) is 0 Å². The van der Waals surface area contributed by atoms with Crippen molar-refractivity contribution in [3.8, 4) is 5.75 Å². The number of aryl methyl sites for hydroxylation is 1. The van der Waals surface area contributed by atoms with E-state index in [1.807, 2.05) is 43.3 Å². The lowest BCUT2D eigenvalue weighted by molar-refractivity contribution is 0.171. The molecule has 0 aliphatic carbocycles. The van der Waals surface area contributed by atoms with Crippen molar-refractivity contribution in [3.63, 3.8) is 0 Å². The van der Waals surface area contributed by atoms with E-state index in [1.54, 1.807) is 0 Å². The second-order valence-corrected chi connectivity index (χ2v) is 5.79. The van der Waals surface area contributed by atoms with Crippen molar-refractivity contribution in [1.29, 1.82) is 0 Å². The third-order valence-corrected chi connectivity index (χ3v) is 3.95. The minimum atomic E-state index is 0.294. The van der Waals surface area contributed by atoms with Crippen LogP contribution in [-0.2, 0) is 0 Å². The van der Waals surface area contributed by atoms with Gasteiger partial charge in [0.15, 0.2) is 0 Å². The predicted molar refractivity (Wildman–Crippen MR) is 86.3 cm³/mol. The van der Waals surface area contributed by atoms with E-state index in [2.05, 4.69) is 16.0 Å². The molecule has 1 aliphatic rings. The fourth-order valence-corrected chi connectivity index (χ4v) is 2.96. The normalized spacial score (nSPS) is 16.0. The minimum absolute atomic E-state index is 0.294. The van der Waals surface area contributed by atoms with Crippen LogP contribution in [0.3, 0.4) is 0 Å². The number of nitrogens with zero attached hydrogens (tertiary/aromatic N) is 2. The van der Waals surface area contributed by atoms with E-state index >= 15 is 0 Å². The monoisotopic (exact) mass is 302 g/mol. The number of ether oxygens (including phenoxy) is 1. The van der Waals surface area contributed by atoms with Crippen molar-refractivity contribution in [3.05, 3.63) is 53.3 Å². The number of hydrogen-bond acceptors (Lipinski definition) is 3. The Bertz CT molecular complexity index is 575. The van der Waals surface area contributed by atoms with Gasteiger partial charge in [0.2, 0.25) is 0 Å². The molecule has 3 nitrogen and oxygen atoms in total. The number of anilines is 1. The maximum Gasteiger partial charge on any atom is 0.131 e. The molecule has 0 saturated carbocycles. The summed E-state index contributed by atoms with van der Waals surface area (Å²) < 4.78 is 6.02. The van der Waals surface area contributed by atoms with E-state index in [0.717, 1.165) is 43.1 Å². The van der Waals surface area contributed by atoms with Crippen LogP contribution >= 0.6 is 11.6 Å². The molecule has 1 saturated heterocycles. The van der Waals surface area contributed by atoms with Crippen LogP contribution in [0.15, 0.2) is 42.5 Å². The molecule has 0 atom stereocenters. The molecule has 1 fully saturated rings. The third-order valence-electron chi connectivity index (χ3n) is 3.76. The summed E-state index contributed by atoms with van der Waals surface area (Å²) >= 11 is 6.04. The van der Waals surface area contributed by atoms with E-state index in [-0.39, 0.29) is 0 Å². The van der Waals surface area contributed by atoms with Crippen molar-refractivity contribution in [2.24, 2.45) is 0 Å². The Morgan fingerprint density at radius 3 is 2.52 bits per heavy atom. The molecule has 0 bridgehead atoms. The topological polar surface area (TPSA) is 25.4 Å². The molecule has 1 aromatic carbocycles. The molecule has 0 spiro atoms. The lowest BCUT2D eigenvalue weighted by Crippen LogP contribution is -2.38. The van der Waals surface area contributed by atoms with Gasteiger partial charge in [-0.2, -0.15) is 0 Å². The van der Waals surface area contributed by atoms with Gasteiger partial charge in [0.05, 0.1) is 0 Å². The molecule has 1 aromatic heterocycles. The zero-order valence-electron chi connectivity index (χ0n) is 12.1. The Kier molecular flexibility index (Phi) is 4.30. The van der Waals surface area contributed by atoms with Gasteiger partial charge in [-0.1, -0.05) is 29.8 Å². The summed E-state index contributed by atoms with van der Waals surface area (Å²) in [6.07, 6.45) is 2.34. The van der Waals surface area contributed by atoms with E-state index < -0.39 is 0 Å². The minimum Gasteiger partial charge on any atom is -0.490 e. The fraction of sp³-hybridized carbons (Fsp3) is 0.353. The highest BCUT2D eigenvalue weighted by atomic mass is 35.5. The Hall–Kier alpha value is -1.74. The van der Waals surface area contributed by atoms with Gasteiger partial charge in [0.1, 0.15) is 17.0 Å². The van der Waals surface area contributed by atoms with E-state index in [4.69, 9.17) is 16.3 Å². The molecule has 4 heteroatoms. The number of halogens is 1. The van der Waals surface area contributed by atoms with Gasteiger partial charge in [-0.15, -0.1) is 0 Å². The molecular weight excluding hydrogens is 284 g/mol. The molecular formula is C17H19ClN2O. The fourth-order valence-electron chi connectivity index (χ4n) is 2.72. The summed E-state index contributed by atoms with van der Waals surface area (Å²) in [4.78, 5) is 6.57. The quantitative estimate of drug-likeness (QED) is 0.799. The highest BCUT2D eigenvalue weighted by Gasteiger charge is 2.21. The summed E-state index contributed by atoms with van der Waals surface area (Å²) in [5.41, 5.74) is 2.12. The molecule has 110 valence electrons. The van der Waals surface area contributed by atoms with Gasteiger partial charge in [-0.05, 0) is 31.2 Å². The maximum absolute atomic E-state index is 6.04. The molecule has 1 aliphatic heterocycles. The van der Waals surface area contributed by atoms with Crippen molar-refractivity contribution in [2.75, 3.05) is 18.0 Å². The predicted octanol–water partition coefficient (Wildman–Crippen LogP) is 4.09. The number of rotatable bonds is 3. The Morgan fingerprint density at radius 1 is 1.14 bits per heavy atom. The van der Waals surface area contributed by atoms with Crippen LogP contribution in [-0.4, -0.2) is 24.2 Å². The summed E-state index contributed by atoms with van der Waals surface area (Å²) in [6.45, 7) is 3.94. The van der Waals surface area contributed by atoms with Crippen molar-refractivity contribution < 1.29 is 4.74 Å². The van der Waals surface area contributed by atoms with Crippen LogP contribution in [0.1, 0.15) is 18.5 Å². The van der Waals surface area contributed by atoms with Gasteiger partial charge < -0.3 is 9.64 Å². The first kappa shape index (κ1) is 14.2. The molecule has 2 heterocycles. The summed E-state index contributed by atoms with van der Waals surface area (Å²) in [5, 5.41) is 0.563. The molecule has 0 unspecified atom stereocenters. The number of para-hydroxylation sites is 1. The van der Waals surface area contributed by atoms with Crippen LogP contribution in [0.4, 0.5) is 5.69 Å². The van der Waals surface area contributed by atoms with E-state index in [0.29, 0.717) is 11.3 Å². The average molecular weight is 303 g/mol. The number of piperidine rings is 1. The first-order valence-corrected chi connectivity index (χ1v) is 7.69. The van der Waals surface area contributed by atoms with Gasteiger partial charge in [-0.3, -0.25) is 0 Å². The van der Waals surface area contributed by atoms with E-state index in [1.165, 1.54) is 0 Å². The second-order valence-electron chi connectivity index (χ2n) is 5.41. The highest BCUT2D eigenvalue weighted by molar-refractivity contribution is 6.29. The largest absolute Gasteiger partial charge is 0.490 e. The van der Waals surface area contributed by atoms with Crippen LogP contribution in [0, 0.1) is 6.92 Å². The van der Waals surface area contributed by atoms with Gasteiger partial charge >= 0.3 is 0 Å². The molecule has 0 amide bonds. The van der Waals surface area contributed by atoms with Crippen molar-refractivity contribution in [1.82, 2.24) is 4.98 Å². The average Bonchev–Trinajstić information content (AvgIpc) is 2.48. The number of aromatic nitrogens is 1. The number of hydrogen-bond donors (Lipinski definition) is 0. The summed E-state index contributed by atoms with van der Waals surface area (Å²) in [7, 11) is 0. The highest BCUT2D eigenvalue weighted by Crippen LogP contribution is 2.25. The van der Waals surface area contributed by atoms with Gasteiger partial charge in [0, 0.05) is 37.3 Å².